The lowest BCUT2D eigenvalue weighted by molar-refractivity contribution is -0.116. The van der Waals surface area contributed by atoms with Crippen molar-refractivity contribution in [2.24, 2.45) is 0 Å². The number of nitrogens with zero attached hydrogens (tertiary/aromatic N) is 3. The minimum absolute atomic E-state index is 0.0296. The summed E-state index contributed by atoms with van der Waals surface area (Å²) in [7, 11) is 0. The van der Waals surface area contributed by atoms with Gasteiger partial charge in [-0.1, -0.05) is 42.5 Å². The molecule has 148 valence electrons. The van der Waals surface area contributed by atoms with E-state index in [0.717, 1.165) is 48.8 Å². The molecule has 1 N–H and O–H groups in total. The van der Waals surface area contributed by atoms with Crippen molar-refractivity contribution < 1.29 is 9.53 Å². The van der Waals surface area contributed by atoms with Crippen molar-refractivity contribution in [2.75, 3.05) is 36.5 Å². The second-order valence-electron chi connectivity index (χ2n) is 7.59. The summed E-state index contributed by atoms with van der Waals surface area (Å²) in [5.74, 6) is 0.879. The van der Waals surface area contributed by atoms with Crippen LogP contribution in [0.5, 0.6) is 0 Å². The highest BCUT2D eigenvalue weighted by Crippen LogP contribution is 2.37. The van der Waals surface area contributed by atoms with E-state index in [-0.39, 0.29) is 11.8 Å². The Hall–Kier alpha value is -3.12. The molecule has 0 aliphatic carbocycles. The predicted molar refractivity (Wildman–Crippen MR) is 112 cm³/mol. The number of carbonyl (C=O) groups is 1. The Morgan fingerprint density at radius 3 is 2.55 bits per heavy atom. The minimum Gasteiger partial charge on any atom is -0.378 e. The second-order valence-corrected chi connectivity index (χ2v) is 7.59. The number of fused-ring (bicyclic) bond motifs is 1. The molecular weight excluding hydrogens is 364 g/mol. The smallest absolute Gasteiger partial charge is 0.226 e. The standard InChI is InChI=1S/C23H24N4O2/c28-22-14-20(18-6-8-19(9-7-18)26-10-12-29-13-11-26)21-15-24-27(23(21)25-22)16-17-4-2-1-3-5-17/h1-9,15,20H,10-14,16H2,(H,25,28). The summed E-state index contributed by atoms with van der Waals surface area (Å²) in [6, 6.07) is 18.8. The molecule has 2 aliphatic heterocycles. The summed E-state index contributed by atoms with van der Waals surface area (Å²) in [4.78, 5) is 14.8. The van der Waals surface area contributed by atoms with Crippen molar-refractivity contribution >= 4 is 17.4 Å². The molecule has 0 spiro atoms. The predicted octanol–water partition coefficient (Wildman–Crippen LogP) is 3.24. The number of rotatable bonds is 4. The Morgan fingerprint density at radius 2 is 1.79 bits per heavy atom. The van der Waals surface area contributed by atoms with Gasteiger partial charge in [0.15, 0.2) is 0 Å². The molecule has 6 heteroatoms. The third-order valence-electron chi connectivity index (χ3n) is 5.74. The van der Waals surface area contributed by atoms with E-state index in [1.807, 2.05) is 29.1 Å². The lowest BCUT2D eigenvalue weighted by atomic mass is 9.87. The van der Waals surface area contributed by atoms with Gasteiger partial charge in [-0.2, -0.15) is 5.10 Å². The molecule has 3 heterocycles. The Morgan fingerprint density at radius 1 is 1.03 bits per heavy atom. The lowest BCUT2D eigenvalue weighted by Gasteiger charge is -2.29. The van der Waals surface area contributed by atoms with E-state index in [2.05, 4.69) is 51.7 Å². The van der Waals surface area contributed by atoms with E-state index in [1.54, 1.807) is 0 Å². The van der Waals surface area contributed by atoms with Crippen molar-refractivity contribution in [1.82, 2.24) is 9.78 Å². The van der Waals surface area contributed by atoms with Gasteiger partial charge in [0.05, 0.1) is 26.0 Å². The van der Waals surface area contributed by atoms with Gasteiger partial charge in [0.25, 0.3) is 0 Å². The molecule has 5 rings (SSSR count). The van der Waals surface area contributed by atoms with Crippen LogP contribution in [-0.4, -0.2) is 42.0 Å². The highest BCUT2D eigenvalue weighted by atomic mass is 16.5. The summed E-state index contributed by atoms with van der Waals surface area (Å²) >= 11 is 0. The van der Waals surface area contributed by atoms with Crippen LogP contribution in [-0.2, 0) is 16.1 Å². The van der Waals surface area contributed by atoms with Gasteiger partial charge in [-0.05, 0) is 23.3 Å². The van der Waals surface area contributed by atoms with Crippen LogP contribution >= 0.6 is 0 Å². The summed E-state index contributed by atoms with van der Waals surface area (Å²) in [6.45, 7) is 4.02. The maximum absolute atomic E-state index is 12.5. The van der Waals surface area contributed by atoms with Gasteiger partial charge in [0.2, 0.25) is 5.91 Å². The number of ether oxygens (including phenoxy) is 1. The Kier molecular flexibility index (Phi) is 4.77. The number of aromatic nitrogens is 2. The highest BCUT2D eigenvalue weighted by Gasteiger charge is 2.30. The van der Waals surface area contributed by atoms with Gasteiger partial charge in [-0.15, -0.1) is 0 Å². The molecule has 0 bridgehead atoms. The number of carbonyl (C=O) groups excluding carboxylic acids is 1. The molecule has 3 aromatic rings. The van der Waals surface area contributed by atoms with Crippen molar-refractivity contribution in [3.63, 3.8) is 0 Å². The number of amides is 1. The topological polar surface area (TPSA) is 59.4 Å². The maximum atomic E-state index is 12.5. The zero-order valence-electron chi connectivity index (χ0n) is 16.3. The Balaban J connectivity index is 1.41. The van der Waals surface area contributed by atoms with Crippen molar-refractivity contribution in [3.05, 3.63) is 77.5 Å². The minimum atomic E-state index is 0.0296. The molecule has 2 aromatic carbocycles. The van der Waals surface area contributed by atoms with Crippen LogP contribution in [0.1, 0.15) is 29.0 Å². The third-order valence-corrected chi connectivity index (χ3v) is 5.74. The first kappa shape index (κ1) is 17.9. The van der Waals surface area contributed by atoms with E-state index in [0.29, 0.717) is 13.0 Å². The van der Waals surface area contributed by atoms with Gasteiger partial charge in [0.1, 0.15) is 5.82 Å². The number of anilines is 2. The number of benzene rings is 2. The molecule has 1 atom stereocenters. The molecule has 1 aromatic heterocycles. The normalized spacial score (nSPS) is 19.0. The van der Waals surface area contributed by atoms with Crippen molar-refractivity contribution in [1.29, 1.82) is 0 Å². The summed E-state index contributed by atoms with van der Waals surface area (Å²) in [5, 5.41) is 7.61. The molecule has 1 unspecified atom stereocenters. The van der Waals surface area contributed by atoms with E-state index in [1.165, 1.54) is 5.69 Å². The van der Waals surface area contributed by atoms with Crippen LogP contribution in [0.15, 0.2) is 60.8 Å². The van der Waals surface area contributed by atoms with Gasteiger partial charge >= 0.3 is 0 Å². The number of morpholine rings is 1. The lowest BCUT2D eigenvalue weighted by Crippen LogP contribution is -2.36. The average molecular weight is 388 g/mol. The highest BCUT2D eigenvalue weighted by molar-refractivity contribution is 5.94. The van der Waals surface area contributed by atoms with Crippen LogP contribution in [0.2, 0.25) is 0 Å². The first-order valence-corrected chi connectivity index (χ1v) is 10.1. The zero-order chi connectivity index (χ0) is 19.6. The van der Waals surface area contributed by atoms with Crippen LogP contribution in [0.3, 0.4) is 0 Å². The SMILES string of the molecule is O=C1CC(c2ccc(N3CCOCC3)cc2)c2cnn(Cc3ccccc3)c2N1. The molecule has 6 nitrogen and oxygen atoms in total. The third kappa shape index (κ3) is 3.63. The second kappa shape index (κ2) is 7.72. The van der Waals surface area contributed by atoms with Crippen LogP contribution in [0.25, 0.3) is 0 Å². The number of hydrogen-bond donors (Lipinski definition) is 1. The molecule has 1 saturated heterocycles. The molecule has 0 saturated carbocycles. The fourth-order valence-electron chi connectivity index (χ4n) is 4.18. The molecule has 1 amide bonds. The van der Waals surface area contributed by atoms with Crippen LogP contribution in [0, 0.1) is 0 Å². The van der Waals surface area contributed by atoms with E-state index < -0.39 is 0 Å². The Labute approximate surface area is 170 Å². The maximum Gasteiger partial charge on any atom is 0.226 e. The molecule has 1 fully saturated rings. The van der Waals surface area contributed by atoms with Crippen LogP contribution in [0.4, 0.5) is 11.5 Å². The van der Waals surface area contributed by atoms with Gasteiger partial charge in [-0.25, -0.2) is 4.68 Å². The Bertz CT molecular complexity index is 991. The van der Waals surface area contributed by atoms with Gasteiger partial charge in [-0.3, -0.25) is 4.79 Å². The van der Waals surface area contributed by atoms with Crippen molar-refractivity contribution in [3.8, 4) is 0 Å². The fourth-order valence-corrected chi connectivity index (χ4v) is 4.18. The zero-order valence-corrected chi connectivity index (χ0v) is 16.3. The fraction of sp³-hybridized carbons (Fsp3) is 0.304. The molecule has 29 heavy (non-hydrogen) atoms. The summed E-state index contributed by atoms with van der Waals surface area (Å²) in [6.07, 6.45) is 2.35. The average Bonchev–Trinajstić information content (AvgIpc) is 3.17. The van der Waals surface area contributed by atoms with E-state index >= 15 is 0 Å². The summed E-state index contributed by atoms with van der Waals surface area (Å²) < 4.78 is 7.33. The quantitative estimate of drug-likeness (QED) is 0.745. The van der Waals surface area contributed by atoms with Crippen LogP contribution < -0.4 is 10.2 Å². The van der Waals surface area contributed by atoms with Gasteiger partial charge in [0, 0.05) is 36.7 Å². The molecule has 2 aliphatic rings. The van der Waals surface area contributed by atoms with E-state index in [4.69, 9.17) is 4.74 Å². The molecular formula is C23H24N4O2. The first-order valence-electron chi connectivity index (χ1n) is 10.1. The monoisotopic (exact) mass is 388 g/mol. The van der Waals surface area contributed by atoms with Gasteiger partial charge < -0.3 is 15.0 Å². The first-order chi connectivity index (χ1) is 14.3. The summed E-state index contributed by atoms with van der Waals surface area (Å²) in [5.41, 5.74) is 4.60. The number of hydrogen-bond acceptors (Lipinski definition) is 4. The largest absolute Gasteiger partial charge is 0.378 e. The van der Waals surface area contributed by atoms with E-state index in [9.17, 15) is 4.79 Å². The molecule has 0 radical (unpaired) electrons. The number of nitrogens with one attached hydrogen (secondary N) is 1. The van der Waals surface area contributed by atoms with Crippen molar-refractivity contribution in [2.45, 2.75) is 18.9 Å².